The molecule has 0 bridgehead atoms. The number of halogens is 3. The van der Waals surface area contributed by atoms with Gasteiger partial charge in [0.1, 0.15) is 0 Å². The summed E-state index contributed by atoms with van der Waals surface area (Å²) in [4.78, 5) is 12.6. The third-order valence-corrected chi connectivity index (χ3v) is 4.06. The van der Waals surface area contributed by atoms with Crippen LogP contribution in [0, 0.1) is 0 Å². The van der Waals surface area contributed by atoms with E-state index < -0.39 is 23.3 Å². The summed E-state index contributed by atoms with van der Waals surface area (Å²) in [5.41, 5.74) is -2.83. The molecule has 0 spiro atoms. The van der Waals surface area contributed by atoms with Crippen LogP contribution in [0.15, 0.2) is 42.7 Å². The Morgan fingerprint density at radius 2 is 1.68 bits per heavy atom. The van der Waals surface area contributed by atoms with Crippen molar-refractivity contribution >= 4 is 11.8 Å². The van der Waals surface area contributed by atoms with Gasteiger partial charge in [0.05, 0.1) is 0 Å². The number of amides is 1. The summed E-state index contributed by atoms with van der Waals surface area (Å²) in [5, 5.41) is 13.2. The van der Waals surface area contributed by atoms with Gasteiger partial charge in [-0.25, -0.2) is 4.79 Å². The van der Waals surface area contributed by atoms with Crippen LogP contribution in [0.25, 0.3) is 0 Å². The smallest absolute Gasteiger partial charge is 0.417 e. The predicted octanol–water partition coefficient (Wildman–Crippen LogP) is 4.49. The van der Waals surface area contributed by atoms with Crippen LogP contribution in [0.5, 0.6) is 0 Å². The first-order valence-electron chi connectivity index (χ1n) is 7.59. The van der Waals surface area contributed by atoms with Crippen molar-refractivity contribution in [3.05, 3.63) is 48.3 Å². The van der Waals surface area contributed by atoms with E-state index in [2.05, 4.69) is 5.10 Å². The van der Waals surface area contributed by atoms with E-state index in [1.807, 2.05) is 0 Å². The van der Waals surface area contributed by atoms with Gasteiger partial charge in [0.15, 0.2) is 5.54 Å². The molecule has 1 aromatic heterocycles. The molecule has 1 atom stereocenters. The van der Waals surface area contributed by atoms with Crippen molar-refractivity contribution in [3.63, 3.8) is 0 Å². The Hall–Kier alpha value is -2.51. The minimum atomic E-state index is -4.59. The zero-order valence-corrected chi connectivity index (χ0v) is 14.4. The molecule has 2 aromatic rings. The second kappa shape index (κ2) is 6.09. The van der Waals surface area contributed by atoms with E-state index in [0.717, 1.165) is 16.5 Å². The highest BCUT2D eigenvalue weighted by atomic mass is 19.4. The van der Waals surface area contributed by atoms with Crippen LogP contribution in [-0.2, 0) is 5.54 Å². The molecule has 2 rings (SSSR count). The molecule has 0 aliphatic carbocycles. The molecular weight excluding hydrogens is 335 g/mol. The fraction of sp³-hybridized carbons (Fsp3) is 0.412. The first-order chi connectivity index (χ1) is 11.4. The maximum Gasteiger partial charge on any atom is 0.417 e. The highest BCUT2D eigenvalue weighted by Gasteiger charge is 2.54. The lowest BCUT2D eigenvalue weighted by Gasteiger charge is -2.35. The molecule has 5 nitrogen and oxygen atoms in total. The third-order valence-electron chi connectivity index (χ3n) is 4.06. The number of rotatable bonds is 3. The molecule has 0 fully saturated rings. The molecular formula is C17H20F3N3O2. The number of hydrogen-bond donors (Lipinski definition) is 1. The molecule has 25 heavy (non-hydrogen) atoms. The Balaban J connectivity index is 2.52. The van der Waals surface area contributed by atoms with Gasteiger partial charge in [-0.15, -0.1) is 0 Å². The zero-order valence-electron chi connectivity index (χ0n) is 14.4. The molecule has 1 unspecified atom stereocenters. The third kappa shape index (κ3) is 3.33. The maximum atomic E-state index is 13.8. The van der Waals surface area contributed by atoms with Crippen molar-refractivity contribution < 1.29 is 23.1 Å². The molecule has 1 N–H and O–H groups in total. The Bertz CT molecular complexity index is 734. The molecule has 0 aliphatic rings. The predicted molar refractivity (Wildman–Crippen MR) is 87.7 cm³/mol. The lowest BCUT2D eigenvalue weighted by atomic mass is 9.91. The molecule has 8 heteroatoms. The van der Waals surface area contributed by atoms with E-state index >= 15 is 0 Å². The quantitative estimate of drug-likeness (QED) is 0.882. The van der Waals surface area contributed by atoms with Crippen molar-refractivity contribution in [2.24, 2.45) is 0 Å². The van der Waals surface area contributed by atoms with Gasteiger partial charge in [-0.3, -0.25) is 9.58 Å². The van der Waals surface area contributed by atoms with Gasteiger partial charge in [0, 0.05) is 23.6 Å². The Morgan fingerprint density at radius 3 is 2.04 bits per heavy atom. The van der Waals surface area contributed by atoms with Gasteiger partial charge in [0.2, 0.25) is 0 Å². The number of carbonyl (C=O) groups is 1. The summed E-state index contributed by atoms with van der Waals surface area (Å²) < 4.78 is 42.1. The molecule has 1 heterocycles. The van der Waals surface area contributed by atoms with Gasteiger partial charge >= 0.3 is 12.3 Å². The Labute approximate surface area is 143 Å². The van der Waals surface area contributed by atoms with Crippen LogP contribution >= 0.6 is 0 Å². The van der Waals surface area contributed by atoms with Crippen LogP contribution < -0.4 is 4.90 Å². The van der Waals surface area contributed by atoms with Crippen LogP contribution in [-0.4, -0.2) is 32.7 Å². The van der Waals surface area contributed by atoms with Crippen LogP contribution in [0.1, 0.15) is 33.3 Å². The number of anilines is 1. The standard InChI is InChI=1S/C17H20F3N3O2/c1-15(2,3)23(14(24)25)13-8-6-12(7-9-13)16(4,17(18,19)20)22-11-5-10-21-22/h5-11H,1-4H3,(H,24,25). The fourth-order valence-corrected chi connectivity index (χ4v) is 2.68. The number of benzene rings is 1. The maximum absolute atomic E-state index is 13.8. The summed E-state index contributed by atoms with van der Waals surface area (Å²) >= 11 is 0. The first kappa shape index (κ1) is 18.8. The lowest BCUT2D eigenvalue weighted by Crippen LogP contribution is -2.47. The second-order valence-corrected chi connectivity index (χ2v) is 6.86. The Kier molecular flexibility index (Phi) is 4.59. The van der Waals surface area contributed by atoms with E-state index in [1.165, 1.54) is 42.7 Å². The molecule has 0 radical (unpaired) electrons. The van der Waals surface area contributed by atoms with Crippen molar-refractivity contribution in [1.29, 1.82) is 0 Å². The van der Waals surface area contributed by atoms with E-state index in [9.17, 15) is 23.1 Å². The molecule has 0 aliphatic heterocycles. The van der Waals surface area contributed by atoms with E-state index in [4.69, 9.17) is 0 Å². The van der Waals surface area contributed by atoms with E-state index in [-0.39, 0.29) is 5.56 Å². The van der Waals surface area contributed by atoms with Crippen LogP contribution in [0.3, 0.4) is 0 Å². The normalized spacial score (nSPS) is 14.8. The van der Waals surface area contributed by atoms with Crippen LogP contribution in [0.2, 0.25) is 0 Å². The summed E-state index contributed by atoms with van der Waals surface area (Å²) in [5.74, 6) is 0. The number of nitrogens with zero attached hydrogens (tertiary/aromatic N) is 3. The highest BCUT2D eigenvalue weighted by molar-refractivity contribution is 5.87. The topological polar surface area (TPSA) is 58.4 Å². The van der Waals surface area contributed by atoms with Gasteiger partial charge in [0.25, 0.3) is 0 Å². The van der Waals surface area contributed by atoms with Gasteiger partial charge in [-0.05, 0) is 51.5 Å². The SMILES string of the molecule is CC(C)(C)N(C(=O)O)c1ccc(C(C)(n2cccn2)C(F)(F)F)cc1. The van der Waals surface area contributed by atoms with Gasteiger partial charge < -0.3 is 5.11 Å². The second-order valence-electron chi connectivity index (χ2n) is 6.86. The Morgan fingerprint density at radius 1 is 1.12 bits per heavy atom. The minimum absolute atomic E-state index is 0.0355. The fourth-order valence-electron chi connectivity index (χ4n) is 2.68. The lowest BCUT2D eigenvalue weighted by molar-refractivity contribution is -0.197. The average molecular weight is 355 g/mol. The zero-order chi connectivity index (χ0) is 19.0. The molecule has 136 valence electrons. The molecule has 1 amide bonds. The summed E-state index contributed by atoms with van der Waals surface area (Å²) in [7, 11) is 0. The van der Waals surface area contributed by atoms with Gasteiger partial charge in [-0.1, -0.05) is 12.1 Å². The number of carboxylic acid groups (broad SMARTS) is 1. The van der Waals surface area contributed by atoms with E-state index in [1.54, 1.807) is 20.8 Å². The van der Waals surface area contributed by atoms with E-state index in [0.29, 0.717) is 5.69 Å². The van der Waals surface area contributed by atoms with Crippen LogP contribution in [0.4, 0.5) is 23.7 Å². The first-order valence-corrected chi connectivity index (χ1v) is 7.59. The van der Waals surface area contributed by atoms with Crippen molar-refractivity contribution in [2.45, 2.75) is 44.9 Å². The summed E-state index contributed by atoms with van der Waals surface area (Å²) in [6.07, 6.45) is -3.23. The van der Waals surface area contributed by atoms with Crippen molar-refractivity contribution in [3.8, 4) is 0 Å². The molecule has 0 saturated heterocycles. The number of aromatic nitrogens is 2. The van der Waals surface area contributed by atoms with Gasteiger partial charge in [-0.2, -0.15) is 18.3 Å². The minimum Gasteiger partial charge on any atom is -0.465 e. The number of hydrogen-bond acceptors (Lipinski definition) is 2. The largest absolute Gasteiger partial charge is 0.465 e. The summed E-state index contributed by atoms with van der Waals surface area (Å²) in [6, 6.07) is 6.74. The van der Waals surface area contributed by atoms with Crippen molar-refractivity contribution in [2.75, 3.05) is 4.90 Å². The average Bonchev–Trinajstić information content (AvgIpc) is 2.98. The van der Waals surface area contributed by atoms with Crippen molar-refractivity contribution in [1.82, 2.24) is 9.78 Å². The summed E-state index contributed by atoms with van der Waals surface area (Å²) in [6.45, 7) is 6.16. The molecule has 1 aromatic carbocycles. The number of alkyl halides is 3. The molecule has 0 saturated carbocycles. The highest BCUT2D eigenvalue weighted by Crippen LogP contribution is 2.42. The monoisotopic (exact) mass is 355 g/mol.